The molecule has 1 saturated heterocycles. The normalized spacial score (nSPS) is 36.5. The molecule has 1 heterocycles. The molecule has 10 nitrogen and oxygen atoms in total. The van der Waals surface area contributed by atoms with Gasteiger partial charge in [-0.1, -0.05) is 6.07 Å². The van der Waals surface area contributed by atoms with E-state index >= 15 is 0 Å². The average Bonchev–Trinajstić information content (AvgIpc) is 3.31. The Balaban J connectivity index is 1.59. The zero-order chi connectivity index (χ0) is 26.1. The summed E-state index contributed by atoms with van der Waals surface area (Å²) in [5, 5.41) is 33.2. The van der Waals surface area contributed by atoms with Gasteiger partial charge in [0.25, 0.3) is 0 Å². The number of carbonyl (C=O) groups excluding carboxylic acids is 4. The van der Waals surface area contributed by atoms with Gasteiger partial charge in [0.1, 0.15) is 11.7 Å². The molecule has 7 atom stereocenters. The SMILES string of the molecule is CN(C)[C@H]1C(O)C(C(N)=O)C(=O)[C@]2(O)C(=O)C3C(=O)c4c(O)ccc(CN5CCCC5)c4C[C@@H]3C[C@H]12. The van der Waals surface area contributed by atoms with Crippen LogP contribution in [0.1, 0.15) is 40.7 Å². The topological polar surface area (TPSA) is 161 Å². The zero-order valence-electron chi connectivity index (χ0n) is 20.5. The van der Waals surface area contributed by atoms with E-state index in [1.54, 1.807) is 19.0 Å². The minimum absolute atomic E-state index is 0.0715. The van der Waals surface area contributed by atoms with Gasteiger partial charge in [-0.15, -0.1) is 0 Å². The molecule has 0 aromatic heterocycles. The maximum atomic E-state index is 13.8. The molecule has 194 valence electrons. The number of phenolic OH excluding ortho intramolecular Hbond substituents is 1. The number of likely N-dealkylation sites (tertiary alicyclic amines) is 1. The number of ketones is 3. The number of aliphatic hydroxyl groups is 2. The van der Waals surface area contributed by atoms with Gasteiger partial charge in [-0.2, -0.15) is 0 Å². The number of nitrogens with two attached hydrogens (primary N) is 1. The molecule has 1 aliphatic heterocycles. The van der Waals surface area contributed by atoms with E-state index in [0.717, 1.165) is 31.5 Å². The van der Waals surface area contributed by atoms with Gasteiger partial charge in [0.2, 0.25) is 5.91 Å². The molecule has 5 N–H and O–H groups in total. The molecule has 4 aliphatic rings. The van der Waals surface area contributed by atoms with E-state index in [2.05, 4.69) is 4.90 Å². The van der Waals surface area contributed by atoms with Crippen molar-refractivity contribution in [2.24, 2.45) is 29.4 Å². The minimum Gasteiger partial charge on any atom is -0.507 e. The van der Waals surface area contributed by atoms with E-state index in [-0.39, 0.29) is 17.7 Å². The van der Waals surface area contributed by atoms with Crippen LogP contribution in [0.5, 0.6) is 5.75 Å². The first-order valence-corrected chi connectivity index (χ1v) is 12.5. The third kappa shape index (κ3) is 3.46. The Labute approximate surface area is 209 Å². The third-order valence-corrected chi connectivity index (χ3v) is 8.86. The summed E-state index contributed by atoms with van der Waals surface area (Å²) >= 11 is 0. The van der Waals surface area contributed by atoms with Crippen molar-refractivity contribution in [2.75, 3.05) is 27.2 Å². The second kappa shape index (κ2) is 8.72. The summed E-state index contributed by atoms with van der Waals surface area (Å²) in [7, 11) is 3.26. The third-order valence-electron chi connectivity index (χ3n) is 8.86. The molecule has 1 aromatic rings. The lowest BCUT2D eigenvalue weighted by Gasteiger charge is -2.54. The maximum absolute atomic E-state index is 13.8. The molecule has 1 amide bonds. The number of fused-ring (bicyclic) bond motifs is 3. The maximum Gasteiger partial charge on any atom is 0.230 e. The molecule has 5 rings (SSSR count). The second-order valence-corrected chi connectivity index (χ2v) is 11.0. The molecule has 0 spiro atoms. The first kappa shape index (κ1) is 25.0. The lowest BCUT2D eigenvalue weighted by Crippen LogP contribution is -2.75. The van der Waals surface area contributed by atoms with E-state index in [1.807, 2.05) is 6.07 Å². The Morgan fingerprint density at radius 1 is 1.17 bits per heavy atom. The van der Waals surface area contributed by atoms with Crippen LogP contribution in [0.3, 0.4) is 0 Å². The van der Waals surface area contributed by atoms with Crippen LogP contribution in [-0.2, 0) is 27.3 Å². The Hall–Kier alpha value is -2.66. The van der Waals surface area contributed by atoms with Gasteiger partial charge in [0.05, 0.1) is 17.6 Å². The van der Waals surface area contributed by atoms with Gasteiger partial charge in [-0.25, -0.2) is 0 Å². The van der Waals surface area contributed by atoms with Crippen LogP contribution < -0.4 is 5.73 Å². The fraction of sp³-hybridized carbons (Fsp3) is 0.615. The van der Waals surface area contributed by atoms with E-state index in [9.17, 15) is 34.5 Å². The van der Waals surface area contributed by atoms with E-state index < -0.39 is 64.7 Å². The summed E-state index contributed by atoms with van der Waals surface area (Å²) in [6, 6.07) is 2.37. The zero-order valence-corrected chi connectivity index (χ0v) is 20.5. The molecule has 0 bridgehead atoms. The molecule has 3 fully saturated rings. The minimum atomic E-state index is -2.63. The fourth-order valence-corrected chi connectivity index (χ4v) is 7.22. The van der Waals surface area contributed by atoms with Crippen LogP contribution >= 0.6 is 0 Å². The van der Waals surface area contributed by atoms with Gasteiger partial charge in [0.15, 0.2) is 23.0 Å². The smallest absolute Gasteiger partial charge is 0.230 e. The molecule has 3 unspecified atom stereocenters. The Morgan fingerprint density at radius 2 is 1.83 bits per heavy atom. The number of benzene rings is 1. The molecule has 3 aliphatic carbocycles. The van der Waals surface area contributed by atoms with Crippen molar-refractivity contribution in [3.8, 4) is 5.75 Å². The first-order valence-electron chi connectivity index (χ1n) is 12.5. The van der Waals surface area contributed by atoms with Gasteiger partial charge >= 0.3 is 0 Å². The summed E-state index contributed by atoms with van der Waals surface area (Å²) in [5.74, 6) is -8.75. The van der Waals surface area contributed by atoms with Crippen LogP contribution in [0.15, 0.2) is 12.1 Å². The Morgan fingerprint density at radius 3 is 2.44 bits per heavy atom. The number of Topliss-reactive ketones (excluding diaryl/α,β-unsaturated/α-hetero) is 3. The number of hydrogen-bond donors (Lipinski definition) is 4. The van der Waals surface area contributed by atoms with Crippen molar-refractivity contribution >= 4 is 23.3 Å². The van der Waals surface area contributed by atoms with Crippen molar-refractivity contribution < 1.29 is 34.5 Å². The number of hydrogen-bond acceptors (Lipinski definition) is 9. The van der Waals surface area contributed by atoms with Crippen molar-refractivity contribution in [1.82, 2.24) is 9.80 Å². The Bertz CT molecular complexity index is 1140. The van der Waals surface area contributed by atoms with Crippen molar-refractivity contribution in [1.29, 1.82) is 0 Å². The summed E-state index contributed by atoms with van der Waals surface area (Å²) in [6.07, 6.45) is 1.15. The standard InChI is InChI=1S/C26H33N3O7/c1-28(2)20-15-10-13-9-14-12(11-29-7-3-4-8-29)5-6-16(30)18(14)21(31)17(13)23(33)26(15,36)24(34)19(22(20)32)25(27)35/h5-6,13,15,17,19-20,22,30,32,36H,3-4,7-11H2,1-2H3,(H2,27,35)/t13-,15-,17?,19?,20-,22?,26-/m1/s1. The number of aliphatic hydroxyl groups excluding tert-OH is 1. The summed E-state index contributed by atoms with van der Waals surface area (Å²) in [5.41, 5.74) is 4.45. The highest BCUT2D eigenvalue weighted by atomic mass is 16.3. The highest BCUT2D eigenvalue weighted by Gasteiger charge is 2.69. The molecule has 2 saturated carbocycles. The number of likely N-dealkylation sites (N-methyl/N-ethyl adjacent to an activating group) is 1. The second-order valence-electron chi connectivity index (χ2n) is 11.0. The van der Waals surface area contributed by atoms with Gasteiger partial charge < -0.3 is 26.0 Å². The lowest BCUT2D eigenvalue weighted by molar-refractivity contribution is -0.190. The number of primary amides is 1. The quantitative estimate of drug-likeness (QED) is 0.391. The highest BCUT2D eigenvalue weighted by Crippen LogP contribution is 2.51. The number of nitrogens with zero attached hydrogens (tertiary/aromatic N) is 2. The van der Waals surface area contributed by atoms with Gasteiger partial charge in [-0.3, -0.25) is 24.1 Å². The van der Waals surface area contributed by atoms with Crippen LogP contribution in [0, 0.1) is 23.7 Å². The number of amides is 1. The van der Waals surface area contributed by atoms with E-state index in [0.29, 0.717) is 18.5 Å². The monoisotopic (exact) mass is 499 g/mol. The molecule has 10 heteroatoms. The molecule has 0 radical (unpaired) electrons. The summed E-state index contributed by atoms with van der Waals surface area (Å²) in [6.45, 7) is 2.54. The fourth-order valence-electron chi connectivity index (χ4n) is 7.22. The van der Waals surface area contributed by atoms with Gasteiger partial charge in [0, 0.05) is 18.5 Å². The summed E-state index contributed by atoms with van der Waals surface area (Å²) < 4.78 is 0. The lowest BCUT2D eigenvalue weighted by atomic mass is 9.52. The predicted octanol–water partition coefficient (Wildman–Crippen LogP) is -0.745. The molecular formula is C26H33N3O7. The highest BCUT2D eigenvalue weighted by molar-refractivity contribution is 6.25. The molecule has 1 aromatic carbocycles. The van der Waals surface area contributed by atoms with Gasteiger partial charge in [-0.05, 0) is 76.0 Å². The van der Waals surface area contributed by atoms with E-state index in [1.165, 1.54) is 6.07 Å². The van der Waals surface area contributed by atoms with E-state index in [4.69, 9.17) is 5.73 Å². The van der Waals surface area contributed by atoms with Crippen molar-refractivity contribution in [2.45, 2.75) is 50.0 Å². The van der Waals surface area contributed by atoms with Crippen LogP contribution in [0.4, 0.5) is 0 Å². The van der Waals surface area contributed by atoms with Crippen LogP contribution in [0.25, 0.3) is 0 Å². The van der Waals surface area contributed by atoms with Crippen LogP contribution in [0.2, 0.25) is 0 Å². The average molecular weight is 500 g/mol. The number of carbonyl (C=O) groups is 4. The predicted molar refractivity (Wildman–Crippen MR) is 127 cm³/mol. The number of aromatic hydroxyl groups is 1. The van der Waals surface area contributed by atoms with Crippen molar-refractivity contribution in [3.63, 3.8) is 0 Å². The number of phenols is 1. The molecule has 36 heavy (non-hydrogen) atoms. The van der Waals surface area contributed by atoms with Crippen molar-refractivity contribution in [3.05, 3.63) is 28.8 Å². The summed E-state index contributed by atoms with van der Waals surface area (Å²) in [4.78, 5) is 56.9. The molecular weight excluding hydrogens is 466 g/mol. The Kier molecular flexibility index (Phi) is 6.06. The van der Waals surface area contributed by atoms with Crippen LogP contribution in [-0.4, -0.2) is 93.3 Å². The number of rotatable bonds is 4. The first-order chi connectivity index (χ1) is 17.0. The largest absolute Gasteiger partial charge is 0.507 e.